The maximum absolute atomic E-state index is 3.60. The third-order valence-corrected chi connectivity index (χ3v) is 0.775. The SMILES string of the molecule is [SnH][N]=C=[N][SnH]. The van der Waals surface area contributed by atoms with Crippen molar-refractivity contribution in [3.8, 4) is 0 Å². The molecule has 24 valence electrons. The molecule has 0 aliphatic carbocycles. The molecule has 2 nitrogen and oxygen atoms in total. The van der Waals surface area contributed by atoms with E-state index in [2.05, 4.69) is 12.4 Å². The maximum atomic E-state index is 3.60. The first-order valence-corrected chi connectivity index (χ1v) is 3.91. The van der Waals surface area contributed by atoms with Gasteiger partial charge in [0.1, 0.15) is 0 Å². The third kappa shape index (κ3) is 4.98. The van der Waals surface area contributed by atoms with E-state index in [0.29, 0.717) is 0 Å². The zero-order valence-corrected chi connectivity index (χ0v) is 9.14. The van der Waals surface area contributed by atoms with Crippen LogP contribution in [0.4, 0.5) is 0 Å². The molecule has 0 bridgehead atoms. The summed E-state index contributed by atoms with van der Waals surface area (Å²) in [6.45, 7) is 0. The Kier molecular flexibility index (Phi) is 5.95. The minimum atomic E-state index is 0.892. The summed E-state index contributed by atoms with van der Waals surface area (Å²) < 4.78 is 7.20. The van der Waals surface area contributed by atoms with Crippen LogP contribution in [0.15, 0.2) is 6.43 Å². The molecule has 0 fully saturated rings. The summed E-state index contributed by atoms with van der Waals surface area (Å²) in [5.74, 6) is 0. The molecule has 4 heteroatoms. The number of nitrogens with zero attached hydrogens (tertiary/aromatic N) is 2. The Balaban J connectivity index is 3.26. The molecule has 0 aromatic carbocycles. The van der Waals surface area contributed by atoms with Crippen molar-refractivity contribution >= 4 is 51.6 Å². The Bertz CT molecular complexity index is 56.0. The van der Waals surface area contributed by atoms with Crippen molar-refractivity contribution in [3.63, 3.8) is 0 Å². The molecule has 5 heavy (non-hydrogen) atoms. The summed E-state index contributed by atoms with van der Waals surface area (Å²) in [6.07, 6.45) is 0. The van der Waals surface area contributed by atoms with Crippen molar-refractivity contribution in [1.29, 1.82) is 0 Å². The van der Waals surface area contributed by atoms with Gasteiger partial charge in [0, 0.05) is 0 Å². The van der Waals surface area contributed by atoms with E-state index in [1.165, 1.54) is 0 Å². The van der Waals surface area contributed by atoms with Crippen LogP contribution in [0, 0.1) is 0 Å². The van der Waals surface area contributed by atoms with Crippen LogP contribution in [-0.4, -0.2) is 51.6 Å². The van der Waals surface area contributed by atoms with Gasteiger partial charge in [-0.1, -0.05) is 0 Å². The molecule has 0 aliphatic heterocycles. The molecule has 4 radical (unpaired) electrons. The molecule has 0 aromatic heterocycles. The first-order chi connectivity index (χ1) is 2.41. The van der Waals surface area contributed by atoms with E-state index >= 15 is 0 Å². The second kappa shape index (κ2) is 4.98. The Labute approximate surface area is 57.7 Å². The van der Waals surface area contributed by atoms with Gasteiger partial charge in [0.2, 0.25) is 0 Å². The topological polar surface area (TPSA) is 24.7 Å². The fourth-order valence-electron chi connectivity index (χ4n) is 0.0333. The predicted molar refractivity (Wildman–Crippen MR) is 24.2 cm³/mol. The van der Waals surface area contributed by atoms with Crippen molar-refractivity contribution in [2.45, 2.75) is 0 Å². The van der Waals surface area contributed by atoms with Gasteiger partial charge in [-0.05, 0) is 0 Å². The van der Waals surface area contributed by atoms with Gasteiger partial charge in [0.25, 0.3) is 0 Å². The molecule has 0 atom stereocenters. The Morgan fingerprint density at radius 1 is 1.20 bits per heavy atom. The van der Waals surface area contributed by atoms with E-state index in [1.807, 2.05) is 0 Å². The van der Waals surface area contributed by atoms with Crippen molar-refractivity contribution in [2.24, 2.45) is 6.43 Å². The second-order valence-electron chi connectivity index (χ2n) is 0.358. The first-order valence-electron chi connectivity index (χ1n) is 0.964. The van der Waals surface area contributed by atoms with Gasteiger partial charge in [-0.25, -0.2) is 0 Å². The van der Waals surface area contributed by atoms with Gasteiger partial charge in [0.05, 0.1) is 0 Å². The number of hydrogen-bond donors (Lipinski definition) is 0. The predicted octanol–water partition coefficient (Wildman–Crippen LogP) is -1.21. The van der Waals surface area contributed by atoms with E-state index in [0.717, 1.165) is 45.6 Å². The van der Waals surface area contributed by atoms with Crippen LogP contribution in [0.5, 0.6) is 0 Å². The van der Waals surface area contributed by atoms with Crippen molar-refractivity contribution in [3.05, 3.63) is 0 Å². The standard InChI is InChI=1S/CN2.2Sn.2H/c2-1-3;;;;/q-2;2*+1;;. The summed E-state index contributed by atoms with van der Waals surface area (Å²) in [5, 5.41) is 0. The molecule has 0 aromatic rings. The summed E-state index contributed by atoms with van der Waals surface area (Å²) in [7, 11) is 0. The quantitative estimate of drug-likeness (QED) is 0.393. The molecule has 0 N–H and O–H groups in total. The normalized spacial score (nSPS) is 5.20. The van der Waals surface area contributed by atoms with Gasteiger partial charge in [0.15, 0.2) is 0 Å². The van der Waals surface area contributed by atoms with Gasteiger partial charge < -0.3 is 0 Å². The monoisotopic (exact) mass is 282 g/mol. The van der Waals surface area contributed by atoms with E-state index in [1.54, 1.807) is 0 Å². The molecule has 0 saturated heterocycles. The van der Waals surface area contributed by atoms with Crippen LogP contribution < -0.4 is 0 Å². The molecule has 0 rings (SSSR count). The van der Waals surface area contributed by atoms with E-state index < -0.39 is 0 Å². The van der Waals surface area contributed by atoms with Gasteiger partial charge in [-0.2, -0.15) is 0 Å². The Morgan fingerprint density at radius 3 is 1.60 bits per heavy atom. The third-order valence-electron chi connectivity index (χ3n) is 0.115. The van der Waals surface area contributed by atoms with Crippen LogP contribution in [0.1, 0.15) is 0 Å². The molecular formula is CH2N2Sn2. The molecular weight excluding hydrogens is 277 g/mol. The average Bonchev–Trinajstić information content (AvgIpc) is 1.41. The summed E-state index contributed by atoms with van der Waals surface area (Å²) >= 11 is 1.78. The fraction of sp³-hybridized carbons (Fsp3) is 0. The zero-order chi connectivity index (χ0) is 4.12. The van der Waals surface area contributed by atoms with Crippen molar-refractivity contribution in [1.82, 2.24) is 0 Å². The van der Waals surface area contributed by atoms with Gasteiger partial charge in [-0.15, -0.1) is 0 Å². The number of rotatable bonds is 0. The van der Waals surface area contributed by atoms with Gasteiger partial charge in [-0.3, -0.25) is 0 Å². The molecule has 0 aliphatic rings. The molecule has 0 spiro atoms. The minimum absolute atomic E-state index is 0.892. The Morgan fingerprint density at radius 2 is 1.60 bits per heavy atom. The summed E-state index contributed by atoms with van der Waals surface area (Å²) in [4.78, 5) is 0. The van der Waals surface area contributed by atoms with Crippen LogP contribution in [0.2, 0.25) is 0 Å². The fourth-order valence-corrected chi connectivity index (χ4v) is 1.50. The van der Waals surface area contributed by atoms with Crippen LogP contribution in [-0.2, 0) is 0 Å². The van der Waals surface area contributed by atoms with Crippen LogP contribution >= 0.6 is 0 Å². The molecule has 0 amide bonds. The molecule has 0 saturated carbocycles. The molecule has 0 heterocycles. The summed E-state index contributed by atoms with van der Waals surface area (Å²) in [5.41, 5.74) is 0. The van der Waals surface area contributed by atoms with Crippen LogP contribution in [0.3, 0.4) is 0 Å². The average molecular weight is 279 g/mol. The van der Waals surface area contributed by atoms with E-state index in [4.69, 9.17) is 0 Å². The van der Waals surface area contributed by atoms with Crippen molar-refractivity contribution < 1.29 is 0 Å². The zero-order valence-electron chi connectivity index (χ0n) is 2.55. The second-order valence-corrected chi connectivity index (χ2v) is 1.83. The van der Waals surface area contributed by atoms with E-state index in [-0.39, 0.29) is 0 Å². The van der Waals surface area contributed by atoms with E-state index in [9.17, 15) is 0 Å². The van der Waals surface area contributed by atoms with Gasteiger partial charge >= 0.3 is 58.0 Å². The molecule has 0 unspecified atom stereocenters. The van der Waals surface area contributed by atoms with Crippen molar-refractivity contribution in [2.75, 3.05) is 0 Å². The summed E-state index contributed by atoms with van der Waals surface area (Å²) in [6, 6.07) is 2.48. The Hall–Kier alpha value is 0.977. The first kappa shape index (κ1) is 5.98. The number of hydrogen-bond acceptors (Lipinski definition) is 2. The van der Waals surface area contributed by atoms with Crippen LogP contribution in [0.25, 0.3) is 0 Å².